The second-order valence-electron chi connectivity index (χ2n) is 5.94. The predicted molar refractivity (Wildman–Crippen MR) is 103 cm³/mol. The molecule has 8 nitrogen and oxygen atoms in total. The number of amides is 1. The van der Waals surface area contributed by atoms with Gasteiger partial charge in [0, 0.05) is 12.1 Å². The summed E-state index contributed by atoms with van der Waals surface area (Å²) in [6, 6.07) is 16.6. The number of aromatic nitrogens is 2. The molecule has 4 aromatic rings. The molecular weight excluding hydrogens is 360 g/mol. The minimum Gasteiger partial charge on any atom is -0.459 e. The summed E-state index contributed by atoms with van der Waals surface area (Å²) in [5.74, 6) is 0.184. The van der Waals surface area contributed by atoms with Crippen molar-refractivity contribution < 1.29 is 14.1 Å². The van der Waals surface area contributed by atoms with Crippen LogP contribution in [0.4, 0.5) is 5.69 Å². The van der Waals surface area contributed by atoms with Gasteiger partial charge in [-0.25, -0.2) is 4.98 Å². The third kappa shape index (κ3) is 3.51. The average Bonchev–Trinajstić information content (AvgIpc) is 3.37. The highest BCUT2D eigenvalue weighted by atomic mass is 16.6. The Bertz CT molecular complexity index is 1140. The summed E-state index contributed by atoms with van der Waals surface area (Å²) in [5, 5.41) is 13.6. The zero-order valence-corrected chi connectivity index (χ0v) is 14.5. The summed E-state index contributed by atoms with van der Waals surface area (Å²) in [6.07, 6.45) is 3.10. The van der Waals surface area contributed by atoms with Crippen LogP contribution < -0.4 is 5.32 Å². The Morgan fingerprint density at radius 1 is 1.11 bits per heavy atom. The lowest BCUT2D eigenvalue weighted by atomic mass is 10.1. The van der Waals surface area contributed by atoms with Crippen molar-refractivity contribution >= 4 is 34.4 Å². The smallest absolute Gasteiger partial charge is 0.291 e. The summed E-state index contributed by atoms with van der Waals surface area (Å²) in [4.78, 5) is 30.5. The van der Waals surface area contributed by atoms with Crippen molar-refractivity contribution in [1.82, 2.24) is 15.3 Å². The van der Waals surface area contributed by atoms with E-state index in [1.165, 1.54) is 18.4 Å². The third-order valence-electron chi connectivity index (χ3n) is 4.05. The zero-order chi connectivity index (χ0) is 19.5. The molecule has 0 fully saturated rings. The Morgan fingerprint density at radius 2 is 1.89 bits per heavy atom. The van der Waals surface area contributed by atoms with Gasteiger partial charge >= 0.3 is 0 Å². The van der Waals surface area contributed by atoms with E-state index in [4.69, 9.17) is 4.42 Å². The summed E-state index contributed by atoms with van der Waals surface area (Å²) in [5.41, 5.74) is 2.63. The highest BCUT2D eigenvalue weighted by molar-refractivity contribution is 6.00. The summed E-state index contributed by atoms with van der Waals surface area (Å²) in [7, 11) is 0. The molecule has 138 valence electrons. The quantitative estimate of drug-likeness (QED) is 0.405. The number of furan rings is 1. The number of hydrogen-bond donors (Lipinski definition) is 2. The Hall–Kier alpha value is -4.20. The maximum absolute atomic E-state index is 12.5. The standard InChI is InChI=1S/C20H14N4O4/c25-20(18-6-3-11-28-18)23-17(12-13-7-9-14(10-8-13)24(26)27)19-21-15-4-1-2-5-16(15)22-19/h1-12H,(H,21,22)(H,23,25)/b17-12+. The average molecular weight is 374 g/mol. The van der Waals surface area contributed by atoms with E-state index in [1.807, 2.05) is 24.3 Å². The van der Waals surface area contributed by atoms with E-state index < -0.39 is 10.8 Å². The molecule has 8 heteroatoms. The number of non-ortho nitro benzene ring substituents is 1. The SMILES string of the molecule is O=C(N/C(=C/c1ccc([N+](=O)[O-])cc1)c1nc2ccccc2[nH]1)c1ccco1. The largest absolute Gasteiger partial charge is 0.459 e. The van der Waals surface area contributed by atoms with Crippen molar-refractivity contribution in [3.63, 3.8) is 0 Å². The molecule has 0 aliphatic rings. The fraction of sp³-hybridized carbons (Fsp3) is 0. The number of nitrogens with zero attached hydrogens (tertiary/aromatic N) is 2. The van der Waals surface area contributed by atoms with E-state index in [0.717, 1.165) is 11.0 Å². The minimum atomic E-state index is -0.466. The van der Waals surface area contributed by atoms with Gasteiger partial charge in [0.2, 0.25) is 0 Å². The van der Waals surface area contributed by atoms with Gasteiger partial charge in [0.25, 0.3) is 11.6 Å². The molecule has 2 N–H and O–H groups in total. The number of para-hydroxylation sites is 2. The molecule has 0 spiro atoms. The monoisotopic (exact) mass is 374 g/mol. The summed E-state index contributed by atoms with van der Waals surface area (Å²) in [6.45, 7) is 0. The summed E-state index contributed by atoms with van der Waals surface area (Å²) >= 11 is 0. The van der Waals surface area contributed by atoms with Crippen LogP contribution in [0.3, 0.4) is 0 Å². The van der Waals surface area contributed by atoms with Gasteiger partial charge in [0.15, 0.2) is 11.6 Å². The van der Waals surface area contributed by atoms with E-state index >= 15 is 0 Å². The number of rotatable bonds is 5. The molecule has 0 bridgehead atoms. The molecule has 2 heterocycles. The first-order valence-electron chi connectivity index (χ1n) is 8.36. The number of nitrogens with one attached hydrogen (secondary N) is 2. The third-order valence-corrected chi connectivity index (χ3v) is 4.05. The zero-order valence-electron chi connectivity index (χ0n) is 14.5. The highest BCUT2D eigenvalue weighted by Crippen LogP contribution is 2.20. The van der Waals surface area contributed by atoms with E-state index in [1.54, 1.807) is 30.3 Å². The van der Waals surface area contributed by atoms with E-state index in [-0.39, 0.29) is 11.4 Å². The van der Waals surface area contributed by atoms with Crippen molar-refractivity contribution in [2.45, 2.75) is 0 Å². The lowest BCUT2D eigenvalue weighted by Crippen LogP contribution is -2.22. The van der Waals surface area contributed by atoms with E-state index in [2.05, 4.69) is 15.3 Å². The van der Waals surface area contributed by atoms with Crippen LogP contribution in [0.2, 0.25) is 0 Å². The first-order chi connectivity index (χ1) is 13.6. The van der Waals surface area contributed by atoms with Gasteiger partial charge in [0.05, 0.1) is 27.9 Å². The number of nitro groups is 1. The molecule has 0 saturated heterocycles. The number of hydrogen-bond acceptors (Lipinski definition) is 5. The maximum Gasteiger partial charge on any atom is 0.291 e. The van der Waals surface area contributed by atoms with Crippen LogP contribution in [0.15, 0.2) is 71.3 Å². The molecule has 4 rings (SSSR count). The number of benzene rings is 2. The van der Waals surface area contributed by atoms with Crippen molar-refractivity contribution in [1.29, 1.82) is 0 Å². The van der Waals surface area contributed by atoms with Gasteiger partial charge in [0.1, 0.15) is 0 Å². The predicted octanol–water partition coefficient (Wildman–Crippen LogP) is 3.99. The molecular formula is C20H14N4O4. The number of H-pyrrole nitrogens is 1. The Morgan fingerprint density at radius 3 is 2.57 bits per heavy atom. The molecule has 1 amide bonds. The lowest BCUT2D eigenvalue weighted by Gasteiger charge is -2.07. The van der Waals surface area contributed by atoms with Gasteiger partial charge in [-0.15, -0.1) is 0 Å². The number of carbonyl (C=O) groups excluding carboxylic acids is 1. The number of carbonyl (C=O) groups is 1. The second kappa shape index (κ2) is 7.20. The minimum absolute atomic E-state index is 0.0120. The maximum atomic E-state index is 12.5. The van der Waals surface area contributed by atoms with Gasteiger partial charge < -0.3 is 14.7 Å². The van der Waals surface area contributed by atoms with Crippen LogP contribution in [-0.2, 0) is 0 Å². The first-order valence-corrected chi connectivity index (χ1v) is 8.36. The van der Waals surface area contributed by atoms with Crippen LogP contribution in [0.1, 0.15) is 21.9 Å². The number of imidazole rings is 1. The Kier molecular flexibility index (Phi) is 4.43. The molecule has 2 aromatic heterocycles. The van der Waals surface area contributed by atoms with Gasteiger partial charge in [-0.2, -0.15) is 0 Å². The molecule has 0 saturated carbocycles. The molecule has 0 aliphatic carbocycles. The van der Waals surface area contributed by atoms with Crippen LogP contribution >= 0.6 is 0 Å². The van der Waals surface area contributed by atoms with E-state index in [0.29, 0.717) is 17.1 Å². The van der Waals surface area contributed by atoms with Gasteiger partial charge in [-0.1, -0.05) is 12.1 Å². The molecule has 0 atom stereocenters. The summed E-state index contributed by atoms with van der Waals surface area (Å²) < 4.78 is 5.14. The van der Waals surface area contributed by atoms with Crippen molar-refractivity contribution in [2.24, 2.45) is 0 Å². The first kappa shape index (κ1) is 17.2. The fourth-order valence-corrected chi connectivity index (χ4v) is 2.69. The van der Waals surface area contributed by atoms with Crippen molar-refractivity contribution in [3.8, 4) is 0 Å². The van der Waals surface area contributed by atoms with Crippen molar-refractivity contribution in [2.75, 3.05) is 0 Å². The molecule has 0 radical (unpaired) electrons. The van der Waals surface area contributed by atoms with Crippen LogP contribution in [-0.4, -0.2) is 20.8 Å². The van der Waals surface area contributed by atoms with Crippen LogP contribution in [0.25, 0.3) is 22.8 Å². The Balaban J connectivity index is 1.73. The van der Waals surface area contributed by atoms with E-state index in [9.17, 15) is 14.9 Å². The molecule has 28 heavy (non-hydrogen) atoms. The van der Waals surface area contributed by atoms with Gasteiger partial charge in [-0.05, 0) is 48.0 Å². The molecule has 0 aliphatic heterocycles. The number of nitro benzene ring substituents is 1. The normalized spacial score (nSPS) is 11.5. The van der Waals surface area contributed by atoms with Crippen LogP contribution in [0, 0.1) is 10.1 Å². The lowest BCUT2D eigenvalue weighted by molar-refractivity contribution is -0.384. The second-order valence-corrected chi connectivity index (χ2v) is 5.94. The number of aromatic amines is 1. The number of fused-ring (bicyclic) bond motifs is 1. The molecule has 2 aromatic carbocycles. The van der Waals surface area contributed by atoms with Gasteiger partial charge in [-0.3, -0.25) is 14.9 Å². The highest BCUT2D eigenvalue weighted by Gasteiger charge is 2.15. The van der Waals surface area contributed by atoms with Crippen molar-refractivity contribution in [3.05, 3.63) is 94.2 Å². The fourth-order valence-electron chi connectivity index (χ4n) is 2.69. The topological polar surface area (TPSA) is 114 Å². The van der Waals surface area contributed by atoms with Crippen LogP contribution in [0.5, 0.6) is 0 Å². The Labute approximate surface area is 158 Å². The molecule has 0 unspecified atom stereocenters.